The maximum Gasteiger partial charge on any atom is 0.527 e. The van der Waals surface area contributed by atoms with Gasteiger partial charge in [0, 0.05) is 0 Å². The van der Waals surface area contributed by atoms with Crippen LogP contribution in [0.15, 0.2) is 12.3 Å². The van der Waals surface area contributed by atoms with Crippen LogP contribution in [0.2, 0.25) is 0 Å². The molecule has 0 spiro atoms. The summed E-state index contributed by atoms with van der Waals surface area (Å²) in [5, 5.41) is 0. The van der Waals surface area contributed by atoms with Gasteiger partial charge in [-0.1, -0.05) is 13.3 Å². The summed E-state index contributed by atoms with van der Waals surface area (Å²) in [6, 6.07) is 0. The van der Waals surface area contributed by atoms with Gasteiger partial charge in [-0.3, -0.25) is 0 Å². The van der Waals surface area contributed by atoms with Crippen LogP contribution in [0.5, 0.6) is 0 Å². The standard InChI is InChI=1S/C12H11F13O4/c1-2-3-4-5-26-6-7(13,14)27-8(15,16)9(17,18)28-10(19,20)11(21,22)29-12(23,24)25/h4-5H,2-3,6H2,1H3. The van der Waals surface area contributed by atoms with Gasteiger partial charge in [0.15, 0.2) is 6.61 Å². The highest BCUT2D eigenvalue weighted by molar-refractivity contribution is 4.77. The van der Waals surface area contributed by atoms with Gasteiger partial charge in [0.05, 0.1) is 6.26 Å². The molecule has 4 nitrogen and oxygen atoms in total. The van der Waals surface area contributed by atoms with E-state index in [0.29, 0.717) is 12.7 Å². The number of halogens is 13. The summed E-state index contributed by atoms with van der Waals surface area (Å²) in [4.78, 5) is 0. The SMILES string of the molecule is CCCC=COCC(F)(F)OC(F)(F)C(F)(F)OC(F)(F)C(F)(F)OC(F)(F)F. The smallest absolute Gasteiger partial charge is 0.492 e. The van der Waals surface area contributed by atoms with Gasteiger partial charge in [-0.15, -0.1) is 13.2 Å². The van der Waals surface area contributed by atoms with E-state index < -0.39 is 43.5 Å². The normalized spacial score (nSPS) is 15.2. The summed E-state index contributed by atoms with van der Waals surface area (Å²) in [5.74, 6) is 0. The molecular weight excluding hydrogens is 455 g/mol. The zero-order valence-corrected chi connectivity index (χ0v) is 13.8. The van der Waals surface area contributed by atoms with E-state index in [1.54, 1.807) is 11.7 Å². The van der Waals surface area contributed by atoms with Crippen LogP contribution < -0.4 is 0 Å². The molecule has 0 amide bonds. The number of alkyl halides is 13. The Morgan fingerprint density at radius 1 is 0.621 bits per heavy atom. The predicted molar refractivity (Wildman–Crippen MR) is 64.0 cm³/mol. The molecule has 0 atom stereocenters. The van der Waals surface area contributed by atoms with Crippen molar-refractivity contribution in [1.29, 1.82) is 0 Å². The summed E-state index contributed by atoms with van der Waals surface area (Å²) < 4.78 is 174. The zero-order valence-electron chi connectivity index (χ0n) is 13.8. The molecule has 17 heteroatoms. The molecular formula is C12H11F13O4. The second-order valence-corrected chi connectivity index (χ2v) is 4.93. The predicted octanol–water partition coefficient (Wildman–Crippen LogP) is 5.85. The largest absolute Gasteiger partial charge is 0.527 e. The van der Waals surface area contributed by atoms with Gasteiger partial charge in [-0.05, 0) is 12.5 Å². The Balaban J connectivity index is 5.28. The molecule has 0 aliphatic heterocycles. The topological polar surface area (TPSA) is 36.9 Å². The van der Waals surface area contributed by atoms with Crippen molar-refractivity contribution in [3.05, 3.63) is 12.3 Å². The first kappa shape index (κ1) is 27.5. The van der Waals surface area contributed by atoms with Crippen LogP contribution in [0, 0.1) is 0 Å². The lowest BCUT2D eigenvalue weighted by Crippen LogP contribution is -2.57. The Hall–Kier alpha value is -1.49. The molecule has 0 aromatic rings. The van der Waals surface area contributed by atoms with E-state index in [4.69, 9.17) is 0 Å². The average molecular weight is 466 g/mol. The van der Waals surface area contributed by atoms with Gasteiger partial charge in [-0.2, -0.15) is 43.9 Å². The summed E-state index contributed by atoms with van der Waals surface area (Å²) in [6.07, 6.45) is -37.1. The molecule has 0 N–H and O–H groups in total. The van der Waals surface area contributed by atoms with Crippen LogP contribution in [-0.4, -0.2) is 43.5 Å². The third-order valence-corrected chi connectivity index (χ3v) is 2.35. The van der Waals surface area contributed by atoms with E-state index in [2.05, 4.69) is 9.47 Å². The lowest BCUT2D eigenvalue weighted by molar-refractivity contribution is -0.564. The lowest BCUT2D eigenvalue weighted by atomic mass is 10.3. The molecule has 174 valence electrons. The van der Waals surface area contributed by atoms with Crippen LogP contribution in [0.3, 0.4) is 0 Å². The fourth-order valence-corrected chi connectivity index (χ4v) is 1.21. The van der Waals surface area contributed by atoms with Crippen LogP contribution in [0.4, 0.5) is 57.1 Å². The molecule has 0 unspecified atom stereocenters. The van der Waals surface area contributed by atoms with E-state index in [1.807, 2.05) is 0 Å². The van der Waals surface area contributed by atoms with Crippen molar-refractivity contribution in [2.24, 2.45) is 0 Å². The Kier molecular flexibility index (Phi) is 8.64. The molecule has 0 aromatic carbocycles. The second-order valence-electron chi connectivity index (χ2n) is 4.93. The summed E-state index contributed by atoms with van der Waals surface area (Å²) in [5.41, 5.74) is 0. The highest BCUT2D eigenvalue weighted by atomic mass is 19.4. The monoisotopic (exact) mass is 466 g/mol. The van der Waals surface area contributed by atoms with E-state index in [-0.39, 0.29) is 6.42 Å². The number of hydrogen-bond donors (Lipinski definition) is 0. The Morgan fingerprint density at radius 2 is 1.03 bits per heavy atom. The van der Waals surface area contributed by atoms with E-state index >= 15 is 0 Å². The molecule has 0 fully saturated rings. The van der Waals surface area contributed by atoms with Gasteiger partial charge >= 0.3 is 36.9 Å². The van der Waals surface area contributed by atoms with Crippen molar-refractivity contribution in [1.82, 2.24) is 0 Å². The molecule has 29 heavy (non-hydrogen) atoms. The highest BCUT2D eigenvalue weighted by Crippen LogP contribution is 2.48. The van der Waals surface area contributed by atoms with Crippen molar-refractivity contribution in [2.75, 3.05) is 6.61 Å². The molecule has 0 radical (unpaired) electrons. The molecule has 0 bridgehead atoms. The summed E-state index contributed by atoms with van der Waals surface area (Å²) in [6.45, 7) is -0.508. The third kappa shape index (κ3) is 8.81. The maximum atomic E-state index is 13.1. The fourth-order valence-electron chi connectivity index (χ4n) is 1.21. The first-order valence-corrected chi connectivity index (χ1v) is 7.01. The minimum absolute atomic E-state index is 0.276. The third-order valence-electron chi connectivity index (χ3n) is 2.35. The first-order valence-electron chi connectivity index (χ1n) is 7.01. The van der Waals surface area contributed by atoms with E-state index in [0.717, 1.165) is 6.08 Å². The van der Waals surface area contributed by atoms with Gasteiger partial charge in [0.1, 0.15) is 0 Å². The number of hydrogen-bond acceptors (Lipinski definition) is 4. The molecule has 0 rings (SSSR count). The van der Waals surface area contributed by atoms with Crippen LogP contribution in [0.25, 0.3) is 0 Å². The molecule has 0 saturated heterocycles. The number of unbranched alkanes of at least 4 members (excludes halogenated alkanes) is 1. The average Bonchev–Trinajstić information content (AvgIpc) is 2.41. The van der Waals surface area contributed by atoms with Crippen molar-refractivity contribution in [3.8, 4) is 0 Å². The van der Waals surface area contributed by atoms with E-state index in [1.165, 1.54) is 4.74 Å². The summed E-state index contributed by atoms with van der Waals surface area (Å²) in [7, 11) is 0. The zero-order chi connectivity index (χ0) is 23.4. The molecule has 0 aliphatic carbocycles. The Morgan fingerprint density at radius 3 is 1.45 bits per heavy atom. The van der Waals surface area contributed by atoms with Crippen molar-refractivity contribution >= 4 is 0 Å². The Bertz CT molecular complexity index is 544. The minimum Gasteiger partial charge on any atom is -0.492 e. The molecule has 0 aliphatic rings. The molecule has 0 heterocycles. The van der Waals surface area contributed by atoms with Crippen LogP contribution in [-0.2, 0) is 18.9 Å². The van der Waals surface area contributed by atoms with Gasteiger partial charge in [0.2, 0.25) is 0 Å². The van der Waals surface area contributed by atoms with Crippen molar-refractivity contribution in [2.45, 2.75) is 56.7 Å². The number of allylic oxidation sites excluding steroid dienone is 1. The van der Waals surface area contributed by atoms with Gasteiger partial charge < -0.3 is 4.74 Å². The Labute approximate surface area is 153 Å². The second kappa shape index (κ2) is 9.11. The minimum atomic E-state index is -7.06. The summed E-state index contributed by atoms with van der Waals surface area (Å²) >= 11 is 0. The van der Waals surface area contributed by atoms with Crippen molar-refractivity contribution < 1.29 is 76.0 Å². The van der Waals surface area contributed by atoms with E-state index in [9.17, 15) is 57.1 Å². The van der Waals surface area contributed by atoms with Gasteiger partial charge in [-0.25, -0.2) is 14.2 Å². The van der Waals surface area contributed by atoms with Crippen molar-refractivity contribution in [3.63, 3.8) is 0 Å². The fraction of sp³-hybridized carbons (Fsp3) is 0.833. The first-order chi connectivity index (χ1) is 12.7. The van der Waals surface area contributed by atoms with Crippen LogP contribution >= 0.6 is 0 Å². The quantitative estimate of drug-likeness (QED) is 0.267. The molecule has 0 aromatic heterocycles. The lowest BCUT2D eigenvalue weighted by Gasteiger charge is -2.33. The number of rotatable bonds is 12. The van der Waals surface area contributed by atoms with Gasteiger partial charge in [0.25, 0.3) is 0 Å². The highest BCUT2D eigenvalue weighted by Gasteiger charge is 2.74. The number of ether oxygens (including phenoxy) is 4. The molecule has 0 saturated carbocycles. The maximum absolute atomic E-state index is 13.1. The van der Waals surface area contributed by atoms with Crippen LogP contribution in [0.1, 0.15) is 19.8 Å².